The Morgan fingerprint density at radius 2 is 1.85 bits per heavy atom. The van der Waals surface area contributed by atoms with Crippen molar-refractivity contribution in [3.05, 3.63) is 65.2 Å². The molecule has 0 radical (unpaired) electrons. The van der Waals surface area contributed by atoms with Crippen LogP contribution in [0.25, 0.3) is 0 Å². The first-order chi connectivity index (χ1) is 12.8. The van der Waals surface area contributed by atoms with Crippen LogP contribution in [0.3, 0.4) is 0 Å². The third-order valence-corrected chi connectivity index (χ3v) is 6.94. The van der Waals surface area contributed by atoms with E-state index in [1.807, 2.05) is 6.92 Å². The molecule has 1 aliphatic heterocycles. The fraction of sp³-hybridized carbons (Fsp3) is 0.400. The summed E-state index contributed by atoms with van der Waals surface area (Å²) >= 11 is 0. The first-order valence-electron chi connectivity index (χ1n) is 8.95. The molecular formula is C20H21F2NO3S. The highest BCUT2D eigenvalue weighted by molar-refractivity contribution is 7.86. The Bertz CT molecular complexity index is 954. The molecule has 4 rings (SSSR count). The number of nitrogens with one attached hydrogen (secondary N) is 1. The highest BCUT2D eigenvalue weighted by atomic mass is 32.2. The lowest BCUT2D eigenvalue weighted by Gasteiger charge is -2.58. The minimum absolute atomic E-state index is 0.140. The highest BCUT2D eigenvalue weighted by Gasteiger charge is 2.57. The third kappa shape index (κ3) is 3.51. The molecule has 4 nitrogen and oxygen atoms in total. The normalized spacial score (nSPS) is 27.2. The van der Waals surface area contributed by atoms with E-state index in [1.165, 1.54) is 24.3 Å². The number of hydrogen-bond donors (Lipinski definition) is 1. The fourth-order valence-corrected chi connectivity index (χ4v) is 5.19. The molecule has 2 aliphatic rings. The molecule has 1 heterocycles. The summed E-state index contributed by atoms with van der Waals surface area (Å²) in [4.78, 5) is 0.140. The topological polar surface area (TPSA) is 55.4 Å². The summed E-state index contributed by atoms with van der Waals surface area (Å²) in [7, 11) is -3.84. The average molecular weight is 393 g/mol. The van der Waals surface area contributed by atoms with Crippen LogP contribution in [-0.4, -0.2) is 21.2 Å². The van der Waals surface area contributed by atoms with Crippen molar-refractivity contribution in [2.24, 2.45) is 11.3 Å². The molecule has 1 unspecified atom stereocenters. The van der Waals surface area contributed by atoms with E-state index in [4.69, 9.17) is 4.18 Å². The molecule has 1 saturated carbocycles. The average Bonchev–Trinajstić information content (AvgIpc) is 2.56. The predicted octanol–water partition coefficient (Wildman–Crippen LogP) is 3.55. The SMILES string of the molecule is Cc1ccc(S(=O)(=O)OC2NCC23CC(Cc2ccc(F)cc2F)C3)cc1. The molecule has 1 N–H and O–H groups in total. The van der Waals surface area contributed by atoms with Crippen LogP contribution in [0.1, 0.15) is 24.0 Å². The van der Waals surface area contributed by atoms with E-state index in [0.29, 0.717) is 18.5 Å². The van der Waals surface area contributed by atoms with Crippen LogP contribution in [0.2, 0.25) is 0 Å². The van der Waals surface area contributed by atoms with Crippen LogP contribution >= 0.6 is 0 Å². The van der Waals surface area contributed by atoms with Gasteiger partial charge >= 0.3 is 0 Å². The van der Waals surface area contributed by atoms with Crippen molar-refractivity contribution in [3.8, 4) is 0 Å². The fourth-order valence-electron chi connectivity index (χ4n) is 4.09. The Morgan fingerprint density at radius 1 is 1.15 bits per heavy atom. The van der Waals surface area contributed by atoms with E-state index in [2.05, 4.69) is 5.32 Å². The van der Waals surface area contributed by atoms with Crippen LogP contribution in [0.15, 0.2) is 47.4 Å². The lowest BCUT2D eigenvalue weighted by molar-refractivity contribution is -0.133. The maximum atomic E-state index is 13.8. The van der Waals surface area contributed by atoms with Crippen LogP contribution in [-0.2, 0) is 20.7 Å². The lowest BCUT2D eigenvalue weighted by atomic mass is 9.56. The summed E-state index contributed by atoms with van der Waals surface area (Å²) in [5, 5.41) is 3.05. The summed E-state index contributed by atoms with van der Waals surface area (Å²) in [6.45, 7) is 2.57. The summed E-state index contributed by atoms with van der Waals surface area (Å²) in [6.07, 6.45) is 1.47. The molecule has 0 aromatic heterocycles. The van der Waals surface area contributed by atoms with Gasteiger partial charge in [0.15, 0.2) is 0 Å². The Hall–Kier alpha value is -1.83. The second-order valence-electron chi connectivity index (χ2n) is 7.70. The second-order valence-corrected chi connectivity index (χ2v) is 9.27. The molecule has 1 saturated heterocycles. The number of rotatable bonds is 5. The largest absolute Gasteiger partial charge is 0.298 e. The van der Waals surface area contributed by atoms with Gasteiger partial charge in [0.1, 0.15) is 17.9 Å². The summed E-state index contributed by atoms with van der Waals surface area (Å²) in [5.74, 6) is -0.878. The minimum Gasteiger partial charge on any atom is -0.290 e. The molecule has 1 atom stereocenters. The Labute approximate surface area is 157 Å². The zero-order chi connectivity index (χ0) is 19.2. The van der Waals surface area contributed by atoms with Gasteiger partial charge in [-0.2, -0.15) is 8.42 Å². The Kier molecular flexibility index (Phi) is 4.56. The Morgan fingerprint density at radius 3 is 2.44 bits per heavy atom. The standard InChI is InChI=1S/C20H21F2NO3S/c1-13-2-6-17(7-3-13)27(24,25)26-19-20(12-23-19)10-14(11-20)8-15-4-5-16(21)9-18(15)22/h2-7,9,14,19,23H,8,10-12H2,1H3. The molecule has 1 spiro atoms. The summed E-state index contributed by atoms with van der Waals surface area (Å²) in [6, 6.07) is 10.2. The maximum Gasteiger partial charge on any atom is 0.298 e. The quantitative estimate of drug-likeness (QED) is 0.790. The third-order valence-electron chi connectivity index (χ3n) is 5.64. The van der Waals surface area contributed by atoms with Gasteiger partial charge in [-0.25, -0.2) is 13.0 Å². The van der Waals surface area contributed by atoms with Crippen molar-refractivity contribution in [2.45, 2.75) is 37.3 Å². The molecule has 2 fully saturated rings. The molecule has 2 aromatic carbocycles. The van der Waals surface area contributed by atoms with Gasteiger partial charge in [-0.15, -0.1) is 0 Å². The lowest BCUT2D eigenvalue weighted by Crippen LogP contribution is -2.69. The molecule has 2 aromatic rings. The summed E-state index contributed by atoms with van der Waals surface area (Å²) < 4.78 is 57.2. The van der Waals surface area contributed by atoms with Crippen molar-refractivity contribution in [1.82, 2.24) is 5.32 Å². The summed E-state index contributed by atoms with van der Waals surface area (Å²) in [5.41, 5.74) is 1.24. The van der Waals surface area contributed by atoms with Crippen LogP contribution in [0.5, 0.6) is 0 Å². The zero-order valence-electron chi connectivity index (χ0n) is 14.9. The number of aryl methyl sites for hydroxylation is 1. The maximum absolute atomic E-state index is 13.8. The van der Waals surface area contributed by atoms with E-state index in [9.17, 15) is 17.2 Å². The van der Waals surface area contributed by atoms with Crippen LogP contribution in [0, 0.1) is 29.9 Å². The molecular weight excluding hydrogens is 372 g/mol. The van der Waals surface area contributed by atoms with Crippen molar-refractivity contribution < 1.29 is 21.4 Å². The van der Waals surface area contributed by atoms with Crippen molar-refractivity contribution >= 4 is 10.1 Å². The van der Waals surface area contributed by atoms with E-state index in [0.717, 1.165) is 24.5 Å². The van der Waals surface area contributed by atoms with E-state index in [1.54, 1.807) is 12.1 Å². The number of benzene rings is 2. The van der Waals surface area contributed by atoms with Gasteiger partial charge in [-0.05, 0) is 55.9 Å². The van der Waals surface area contributed by atoms with Gasteiger partial charge in [0.2, 0.25) is 0 Å². The second kappa shape index (κ2) is 6.65. The smallest absolute Gasteiger partial charge is 0.290 e. The van der Waals surface area contributed by atoms with Gasteiger partial charge in [0.05, 0.1) is 4.90 Å². The van der Waals surface area contributed by atoms with Gasteiger partial charge in [-0.3, -0.25) is 5.32 Å². The van der Waals surface area contributed by atoms with E-state index < -0.39 is 28.0 Å². The molecule has 0 bridgehead atoms. The van der Waals surface area contributed by atoms with Crippen molar-refractivity contribution in [3.63, 3.8) is 0 Å². The highest BCUT2D eigenvalue weighted by Crippen LogP contribution is 2.54. The number of halogens is 2. The molecule has 7 heteroatoms. The van der Waals surface area contributed by atoms with E-state index >= 15 is 0 Å². The molecule has 144 valence electrons. The predicted molar refractivity (Wildman–Crippen MR) is 96.5 cm³/mol. The van der Waals surface area contributed by atoms with Gasteiger partial charge in [0, 0.05) is 18.0 Å². The first-order valence-corrected chi connectivity index (χ1v) is 10.4. The first kappa shape index (κ1) is 18.5. The minimum atomic E-state index is -3.84. The zero-order valence-corrected chi connectivity index (χ0v) is 15.7. The van der Waals surface area contributed by atoms with Crippen LogP contribution in [0.4, 0.5) is 8.78 Å². The Balaban J connectivity index is 1.38. The monoisotopic (exact) mass is 393 g/mol. The molecule has 27 heavy (non-hydrogen) atoms. The van der Waals surface area contributed by atoms with Crippen LogP contribution < -0.4 is 5.32 Å². The van der Waals surface area contributed by atoms with E-state index in [-0.39, 0.29) is 16.2 Å². The number of hydrogen-bond acceptors (Lipinski definition) is 4. The van der Waals surface area contributed by atoms with Gasteiger partial charge in [-0.1, -0.05) is 23.8 Å². The van der Waals surface area contributed by atoms with Crippen molar-refractivity contribution in [1.29, 1.82) is 0 Å². The molecule has 0 amide bonds. The van der Waals surface area contributed by atoms with Crippen molar-refractivity contribution in [2.75, 3.05) is 6.54 Å². The molecule has 1 aliphatic carbocycles. The van der Waals surface area contributed by atoms with Gasteiger partial charge in [0.25, 0.3) is 10.1 Å². The van der Waals surface area contributed by atoms with Gasteiger partial charge < -0.3 is 0 Å².